The molecular weight excluding hydrogens is 206 g/mol. The van der Waals surface area contributed by atoms with Crippen LogP contribution in [0.4, 0.5) is 4.79 Å². The van der Waals surface area contributed by atoms with Gasteiger partial charge in [-0.15, -0.1) is 0 Å². The Morgan fingerprint density at radius 1 is 1.25 bits per heavy atom. The normalized spacial score (nSPS) is 21.7. The van der Waals surface area contributed by atoms with Crippen LogP contribution in [-0.4, -0.2) is 42.0 Å². The van der Waals surface area contributed by atoms with E-state index in [0.717, 1.165) is 38.8 Å². The van der Waals surface area contributed by atoms with Crippen LogP contribution in [0.1, 0.15) is 32.6 Å². The van der Waals surface area contributed by atoms with Gasteiger partial charge < -0.3 is 15.5 Å². The van der Waals surface area contributed by atoms with Crippen LogP contribution in [0.25, 0.3) is 0 Å². The van der Waals surface area contributed by atoms with Crippen LogP contribution in [0.5, 0.6) is 0 Å². The van der Waals surface area contributed by atoms with Gasteiger partial charge in [0.25, 0.3) is 0 Å². The number of likely N-dealkylation sites (tertiary alicyclic amines) is 1. The highest BCUT2D eigenvalue weighted by Gasteiger charge is 2.27. The fraction of sp³-hybridized carbons (Fsp3) is 0.818. The topological polar surface area (TPSA) is 61.4 Å². The smallest absolute Gasteiger partial charge is 0.318 e. The second-order valence-corrected chi connectivity index (χ2v) is 4.65. The van der Waals surface area contributed by atoms with Crippen LogP contribution in [0.15, 0.2) is 0 Å². The summed E-state index contributed by atoms with van der Waals surface area (Å²) in [6.45, 7) is 3.34. The van der Waals surface area contributed by atoms with Gasteiger partial charge in [-0.25, -0.2) is 4.79 Å². The van der Waals surface area contributed by atoms with Gasteiger partial charge in [-0.05, 0) is 32.6 Å². The zero-order chi connectivity index (χ0) is 11.5. The van der Waals surface area contributed by atoms with E-state index in [1.165, 1.54) is 0 Å². The average Bonchev–Trinajstić information content (AvgIpc) is 2.89. The molecule has 5 heteroatoms. The van der Waals surface area contributed by atoms with E-state index in [1.807, 2.05) is 0 Å². The van der Waals surface area contributed by atoms with Crippen molar-refractivity contribution in [3.8, 4) is 0 Å². The number of nitrogens with zero attached hydrogens (tertiary/aromatic N) is 1. The van der Waals surface area contributed by atoms with Crippen molar-refractivity contribution in [3.05, 3.63) is 0 Å². The van der Waals surface area contributed by atoms with Crippen LogP contribution in [0.2, 0.25) is 0 Å². The van der Waals surface area contributed by atoms with Crippen LogP contribution in [0.3, 0.4) is 0 Å². The Bertz CT molecular complexity index is 283. The van der Waals surface area contributed by atoms with Crippen LogP contribution in [-0.2, 0) is 4.79 Å². The first-order chi connectivity index (χ1) is 7.66. The van der Waals surface area contributed by atoms with Crippen molar-refractivity contribution < 1.29 is 9.59 Å². The van der Waals surface area contributed by atoms with E-state index < -0.39 is 6.04 Å². The summed E-state index contributed by atoms with van der Waals surface area (Å²) in [5.74, 6) is -0.0740. The summed E-state index contributed by atoms with van der Waals surface area (Å²) in [6, 6.07) is -0.205. The molecule has 16 heavy (non-hydrogen) atoms. The van der Waals surface area contributed by atoms with Crippen molar-refractivity contribution in [2.45, 2.75) is 44.7 Å². The van der Waals surface area contributed by atoms with Crippen molar-refractivity contribution in [2.75, 3.05) is 13.1 Å². The first-order valence-electron chi connectivity index (χ1n) is 6.02. The van der Waals surface area contributed by atoms with Gasteiger partial charge in [0.15, 0.2) is 0 Å². The first-order valence-corrected chi connectivity index (χ1v) is 6.02. The number of amides is 3. The summed E-state index contributed by atoms with van der Waals surface area (Å²) in [7, 11) is 0. The molecular formula is C11H19N3O2. The van der Waals surface area contributed by atoms with Crippen LogP contribution in [0, 0.1) is 0 Å². The summed E-state index contributed by atoms with van der Waals surface area (Å²) in [5.41, 5.74) is 0. The maximum absolute atomic E-state index is 11.7. The molecule has 0 aromatic rings. The minimum atomic E-state index is -0.436. The lowest BCUT2D eigenvalue weighted by atomic mass is 10.3. The maximum Gasteiger partial charge on any atom is 0.318 e. The summed E-state index contributed by atoms with van der Waals surface area (Å²) in [4.78, 5) is 25.1. The predicted octanol–water partition coefficient (Wildman–Crippen LogP) is 0.459. The average molecular weight is 225 g/mol. The highest BCUT2D eigenvalue weighted by molar-refractivity contribution is 5.87. The molecule has 2 N–H and O–H groups in total. The van der Waals surface area contributed by atoms with Crippen LogP contribution < -0.4 is 10.6 Å². The van der Waals surface area contributed by atoms with Crippen molar-refractivity contribution in [1.82, 2.24) is 15.5 Å². The Balaban J connectivity index is 1.73. The van der Waals surface area contributed by atoms with Crippen LogP contribution >= 0.6 is 0 Å². The van der Waals surface area contributed by atoms with E-state index in [1.54, 1.807) is 11.8 Å². The molecule has 0 aromatic carbocycles. The summed E-state index contributed by atoms with van der Waals surface area (Å²) in [5, 5.41) is 5.61. The zero-order valence-electron chi connectivity index (χ0n) is 9.66. The highest BCUT2D eigenvalue weighted by atomic mass is 16.2. The van der Waals surface area contributed by atoms with E-state index in [-0.39, 0.29) is 11.9 Å². The molecule has 2 rings (SSSR count). The van der Waals surface area contributed by atoms with Gasteiger partial charge in [0, 0.05) is 19.1 Å². The zero-order valence-corrected chi connectivity index (χ0v) is 9.66. The van der Waals surface area contributed by atoms with E-state index in [2.05, 4.69) is 10.6 Å². The Labute approximate surface area is 95.6 Å². The standard InChI is InChI=1S/C11H19N3O2/c1-8(10(15)13-9-4-5-9)12-11(16)14-6-2-3-7-14/h8-9H,2-7H2,1H3,(H,12,16)(H,13,15). The lowest BCUT2D eigenvalue weighted by molar-refractivity contribution is -0.122. The molecule has 5 nitrogen and oxygen atoms in total. The fourth-order valence-corrected chi connectivity index (χ4v) is 1.82. The van der Waals surface area contributed by atoms with Gasteiger partial charge in [0.2, 0.25) is 5.91 Å². The maximum atomic E-state index is 11.7. The Morgan fingerprint density at radius 2 is 1.88 bits per heavy atom. The van der Waals surface area contributed by atoms with E-state index in [4.69, 9.17) is 0 Å². The third kappa shape index (κ3) is 2.87. The summed E-state index contributed by atoms with van der Waals surface area (Å²) < 4.78 is 0. The molecule has 1 aliphatic carbocycles. The Morgan fingerprint density at radius 3 is 2.44 bits per heavy atom. The summed E-state index contributed by atoms with van der Waals surface area (Å²) >= 11 is 0. The highest BCUT2D eigenvalue weighted by Crippen LogP contribution is 2.18. The Kier molecular flexibility index (Phi) is 3.31. The Hall–Kier alpha value is -1.26. The predicted molar refractivity (Wildman–Crippen MR) is 60.0 cm³/mol. The lowest BCUT2D eigenvalue weighted by Gasteiger charge is -2.20. The van der Waals surface area contributed by atoms with E-state index >= 15 is 0 Å². The molecule has 1 saturated heterocycles. The molecule has 3 amide bonds. The molecule has 2 fully saturated rings. The second-order valence-electron chi connectivity index (χ2n) is 4.65. The SMILES string of the molecule is CC(NC(=O)N1CCCC1)C(=O)NC1CC1. The monoisotopic (exact) mass is 225 g/mol. The first kappa shape index (κ1) is 11.2. The quantitative estimate of drug-likeness (QED) is 0.733. The third-order valence-corrected chi connectivity index (χ3v) is 3.05. The van der Waals surface area contributed by atoms with Crippen molar-refractivity contribution >= 4 is 11.9 Å². The number of nitrogens with one attached hydrogen (secondary N) is 2. The number of hydrogen-bond donors (Lipinski definition) is 2. The summed E-state index contributed by atoms with van der Waals surface area (Å²) in [6.07, 6.45) is 4.27. The number of rotatable bonds is 3. The molecule has 90 valence electrons. The van der Waals surface area contributed by atoms with E-state index in [9.17, 15) is 9.59 Å². The molecule has 0 bridgehead atoms. The van der Waals surface area contributed by atoms with Gasteiger partial charge in [-0.2, -0.15) is 0 Å². The largest absolute Gasteiger partial charge is 0.352 e. The van der Waals surface area contributed by atoms with Crippen molar-refractivity contribution in [3.63, 3.8) is 0 Å². The number of hydrogen-bond acceptors (Lipinski definition) is 2. The van der Waals surface area contributed by atoms with Gasteiger partial charge in [-0.1, -0.05) is 0 Å². The molecule has 1 heterocycles. The molecule has 1 aliphatic heterocycles. The fourth-order valence-electron chi connectivity index (χ4n) is 1.82. The van der Waals surface area contributed by atoms with Crippen molar-refractivity contribution in [2.24, 2.45) is 0 Å². The van der Waals surface area contributed by atoms with Gasteiger partial charge in [0.05, 0.1) is 0 Å². The molecule has 1 unspecified atom stereocenters. The minimum absolute atomic E-state index is 0.0740. The third-order valence-electron chi connectivity index (χ3n) is 3.05. The number of carbonyl (C=O) groups is 2. The molecule has 1 saturated carbocycles. The molecule has 1 atom stereocenters. The molecule has 0 spiro atoms. The minimum Gasteiger partial charge on any atom is -0.352 e. The molecule has 0 aromatic heterocycles. The molecule has 2 aliphatic rings. The second kappa shape index (κ2) is 4.72. The molecule has 0 radical (unpaired) electrons. The van der Waals surface area contributed by atoms with Crippen molar-refractivity contribution in [1.29, 1.82) is 0 Å². The van der Waals surface area contributed by atoms with Gasteiger partial charge >= 0.3 is 6.03 Å². The number of urea groups is 1. The van der Waals surface area contributed by atoms with Gasteiger partial charge in [0.1, 0.15) is 6.04 Å². The number of carbonyl (C=O) groups excluding carboxylic acids is 2. The van der Waals surface area contributed by atoms with Gasteiger partial charge in [-0.3, -0.25) is 4.79 Å². The van der Waals surface area contributed by atoms with E-state index in [0.29, 0.717) is 6.04 Å². The lowest BCUT2D eigenvalue weighted by Crippen LogP contribution is -2.49.